The van der Waals surface area contributed by atoms with E-state index in [1.54, 1.807) is 49.6 Å². The molecular weight excluding hydrogens is 311 g/mol. The van der Waals surface area contributed by atoms with Gasteiger partial charge in [-0.1, -0.05) is 24.3 Å². The smallest absolute Gasteiger partial charge is 0.329 e. The standard InChI is InChI=1S/C18H15FN2O3/c1-24-15-4-2-3-13(9-15)10-16-17(22)21(18(23)20-16)11-12-5-7-14(19)8-6-12/h2-10H,11H2,1H3,(H,20,23). The lowest BCUT2D eigenvalue weighted by Gasteiger charge is -2.11. The zero-order valence-corrected chi connectivity index (χ0v) is 13.0. The summed E-state index contributed by atoms with van der Waals surface area (Å²) in [5, 5.41) is 2.55. The average molecular weight is 326 g/mol. The van der Waals surface area contributed by atoms with E-state index in [0.717, 1.165) is 10.5 Å². The van der Waals surface area contributed by atoms with Crippen LogP contribution < -0.4 is 10.1 Å². The number of carbonyl (C=O) groups is 2. The fraction of sp³-hybridized carbons (Fsp3) is 0.111. The minimum Gasteiger partial charge on any atom is -0.497 e. The maximum atomic E-state index is 12.9. The summed E-state index contributed by atoms with van der Waals surface area (Å²) in [6.45, 7) is 0.0837. The highest BCUT2D eigenvalue weighted by Gasteiger charge is 2.33. The molecule has 0 bridgehead atoms. The predicted octanol–water partition coefficient (Wildman–Crippen LogP) is 2.93. The predicted molar refractivity (Wildman–Crippen MR) is 86.5 cm³/mol. The second-order valence-electron chi connectivity index (χ2n) is 5.28. The number of halogens is 1. The van der Waals surface area contributed by atoms with Gasteiger partial charge in [-0.25, -0.2) is 9.18 Å². The monoisotopic (exact) mass is 326 g/mol. The van der Waals surface area contributed by atoms with Crippen LogP contribution in [0, 0.1) is 5.82 Å². The summed E-state index contributed by atoms with van der Waals surface area (Å²) >= 11 is 0. The van der Waals surface area contributed by atoms with Gasteiger partial charge in [0, 0.05) is 0 Å². The summed E-state index contributed by atoms with van der Waals surface area (Å²) in [4.78, 5) is 25.5. The fourth-order valence-corrected chi connectivity index (χ4v) is 2.39. The molecule has 0 atom stereocenters. The Morgan fingerprint density at radius 3 is 2.62 bits per heavy atom. The largest absolute Gasteiger partial charge is 0.497 e. The number of methoxy groups -OCH3 is 1. The first-order chi connectivity index (χ1) is 11.6. The molecule has 1 fully saturated rings. The SMILES string of the molecule is COc1cccc(C=C2NC(=O)N(Cc3ccc(F)cc3)C2=O)c1. The van der Waals surface area contributed by atoms with E-state index in [-0.39, 0.29) is 18.1 Å². The molecule has 1 N–H and O–H groups in total. The third-order valence-corrected chi connectivity index (χ3v) is 3.62. The van der Waals surface area contributed by atoms with Crippen molar-refractivity contribution < 1.29 is 18.7 Å². The zero-order valence-electron chi connectivity index (χ0n) is 13.0. The second kappa shape index (κ2) is 6.54. The molecule has 1 heterocycles. The summed E-state index contributed by atoms with van der Waals surface area (Å²) in [5.74, 6) is -0.133. The molecule has 1 aliphatic rings. The molecule has 24 heavy (non-hydrogen) atoms. The summed E-state index contributed by atoms with van der Waals surface area (Å²) < 4.78 is 18.1. The molecule has 0 unspecified atom stereocenters. The van der Waals surface area contributed by atoms with Crippen LogP contribution in [0.3, 0.4) is 0 Å². The number of imide groups is 1. The topological polar surface area (TPSA) is 58.6 Å². The lowest BCUT2D eigenvalue weighted by Crippen LogP contribution is -2.30. The van der Waals surface area contributed by atoms with Crippen molar-refractivity contribution in [3.05, 3.63) is 71.2 Å². The van der Waals surface area contributed by atoms with Crippen LogP contribution in [-0.2, 0) is 11.3 Å². The van der Waals surface area contributed by atoms with E-state index in [2.05, 4.69) is 5.32 Å². The Hall–Kier alpha value is -3.15. The highest BCUT2D eigenvalue weighted by atomic mass is 19.1. The molecule has 1 saturated heterocycles. The Labute approximate surface area is 138 Å². The molecule has 0 spiro atoms. The van der Waals surface area contributed by atoms with E-state index < -0.39 is 11.9 Å². The first kappa shape index (κ1) is 15.7. The van der Waals surface area contributed by atoms with Crippen molar-refractivity contribution in [3.63, 3.8) is 0 Å². The summed E-state index contributed by atoms with van der Waals surface area (Å²) in [6, 6.07) is 12.3. The van der Waals surface area contributed by atoms with Crippen LogP contribution in [-0.4, -0.2) is 23.9 Å². The van der Waals surface area contributed by atoms with Gasteiger partial charge >= 0.3 is 6.03 Å². The van der Waals surface area contributed by atoms with Gasteiger partial charge in [0.2, 0.25) is 0 Å². The Morgan fingerprint density at radius 1 is 1.17 bits per heavy atom. The highest BCUT2D eigenvalue weighted by Crippen LogP contribution is 2.19. The molecule has 3 amide bonds. The molecule has 5 nitrogen and oxygen atoms in total. The van der Waals surface area contributed by atoms with Crippen molar-refractivity contribution >= 4 is 18.0 Å². The van der Waals surface area contributed by atoms with Crippen molar-refractivity contribution in [2.45, 2.75) is 6.54 Å². The van der Waals surface area contributed by atoms with Gasteiger partial charge in [0.15, 0.2) is 0 Å². The molecule has 0 saturated carbocycles. The van der Waals surface area contributed by atoms with Crippen LogP contribution >= 0.6 is 0 Å². The lowest BCUT2D eigenvalue weighted by atomic mass is 10.1. The van der Waals surface area contributed by atoms with E-state index in [4.69, 9.17) is 4.74 Å². The van der Waals surface area contributed by atoms with Crippen molar-refractivity contribution in [2.75, 3.05) is 7.11 Å². The van der Waals surface area contributed by atoms with Crippen LogP contribution in [0.25, 0.3) is 6.08 Å². The van der Waals surface area contributed by atoms with Crippen molar-refractivity contribution in [1.82, 2.24) is 10.2 Å². The first-order valence-corrected chi connectivity index (χ1v) is 7.30. The number of carbonyl (C=O) groups excluding carboxylic acids is 2. The highest BCUT2D eigenvalue weighted by molar-refractivity contribution is 6.13. The number of hydrogen-bond donors (Lipinski definition) is 1. The van der Waals surface area contributed by atoms with Crippen LogP contribution in [0.2, 0.25) is 0 Å². The number of hydrogen-bond acceptors (Lipinski definition) is 3. The zero-order chi connectivity index (χ0) is 17.1. The Bertz CT molecular complexity index is 815. The van der Waals surface area contributed by atoms with Gasteiger partial charge in [-0.2, -0.15) is 0 Å². The number of amides is 3. The van der Waals surface area contributed by atoms with Crippen LogP contribution in [0.5, 0.6) is 5.75 Å². The van der Waals surface area contributed by atoms with E-state index >= 15 is 0 Å². The molecule has 6 heteroatoms. The minimum absolute atomic E-state index is 0.0837. The van der Waals surface area contributed by atoms with Gasteiger partial charge in [-0.3, -0.25) is 9.69 Å². The van der Waals surface area contributed by atoms with Gasteiger partial charge in [0.1, 0.15) is 17.3 Å². The van der Waals surface area contributed by atoms with Gasteiger partial charge in [0.25, 0.3) is 5.91 Å². The van der Waals surface area contributed by atoms with Gasteiger partial charge in [-0.05, 0) is 41.5 Å². The van der Waals surface area contributed by atoms with Gasteiger partial charge < -0.3 is 10.1 Å². The quantitative estimate of drug-likeness (QED) is 0.694. The Morgan fingerprint density at radius 2 is 1.92 bits per heavy atom. The molecular formula is C18H15FN2O3. The van der Waals surface area contributed by atoms with Gasteiger partial charge in [0.05, 0.1) is 13.7 Å². The number of urea groups is 1. The number of rotatable bonds is 4. The van der Waals surface area contributed by atoms with Crippen molar-refractivity contribution in [3.8, 4) is 5.75 Å². The molecule has 0 aliphatic carbocycles. The first-order valence-electron chi connectivity index (χ1n) is 7.30. The van der Waals surface area contributed by atoms with E-state index in [1.807, 2.05) is 0 Å². The molecule has 122 valence electrons. The maximum absolute atomic E-state index is 12.9. The van der Waals surface area contributed by atoms with E-state index in [0.29, 0.717) is 11.3 Å². The fourth-order valence-electron chi connectivity index (χ4n) is 2.39. The molecule has 0 aromatic heterocycles. The Kier molecular flexibility index (Phi) is 4.29. The van der Waals surface area contributed by atoms with Crippen LogP contribution in [0.15, 0.2) is 54.2 Å². The van der Waals surface area contributed by atoms with Crippen molar-refractivity contribution in [2.24, 2.45) is 0 Å². The molecule has 2 aromatic rings. The maximum Gasteiger partial charge on any atom is 0.329 e. The summed E-state index contributed by atoms with van der Waals surface area (Å²) in [6.07, 6.45) is 1.59. The third-order valence-electron chi connectivity index (χ3n) is 3.62. The molecule has 1 aliphatic heterocycles. The van der Waals surface area contributed by atoms with Gasteiger partial charge in [-0.15, -0.1) is 0 Å². The normalized spacial score (nSPS) is 15.8. The number of nitrogens with zero attached hydrogens (tertiary/aromatic N) is 1. The second-order valence-corrected chi connectivity index (χ2v) is 5.28. The van der Waals surface area contributed by atoms with Crippen LogP contribution in [0.4, 0.5) is 9.18 Å². The van der Waals surface area contributed by atoms with E-state index in [9.17, 15) is 14.0 Å². The van der Waals surface area contributed by atoms with E-state index in [1.165, 1.54) is 12.1 Å². The average Bonchev–Trinajstić information content (AvgIpc) is 2.84. The van der Waals surface area contributed by atoms with Crippen LogP contribution in [0.1, 0.15) is 11.1 Å². The Balaban J connectivity index is 1.80. The summed E-state index contributed by atoms with van der Waals surface area (Å²) in [5.41, 5.74) is 1.60. The number of nitrogens with one attached hydrogen (secondary N) is 1. The molecule has 3 rings (SSSR count). The lowest BCUT2D eigenvalue weighted by molar-refractivity contribution is -0.123. The third kappa shape index (κ3) is 3.27. The molecule has 2 aromatic carbocycles. The minimum atomic E-state index is -0.501. The number of ether oxygens (including phenoxy) is 1. The number of benzene rings is 2. The van der Waals surface area contributed by atoms with Crippen molar-refractivity contribution in [1.29, 1.82) is 0 Å². The summed E-state index contributed by atoms with van der Waals surface area (Å²) in [7, 11) is 1.55. The molecule has 0 radical (unpaired) electrons.